The van der Waals surface area contributed by atoms with Crippen molar-refractivity contribution >= 4 is 11.8 Å². The Labute approximate surface area is 81.9 Å². The van der Waals surface area contributed by atoms with Crippen LogP contribution in [0.25, 0.3) is 0 Å². The van der Waals surface area contributed by atoms with E-state index in [-0.39, 0.29) is 11.8 Å². The second-order valence-corrected chi connectivity index (χ2v) is 3.63. The Morgan fingerprint density at radius 2 is 1.93 bits per heavy atom. The van der Waals surface area contributed by atoms with E-state index in [0.717, 1.165) is 13.1 Å². The van der Waals surface area contributed by atoms with Crippen molar-refractivity contribution in [3.05, 3.63) is 12.3 Å². The van der Waals surface area contributed by atoms with Crippen molar-refractivity contribution in [2.75, 3.05) is 13.1 Å². The Morgan fingerprint density at radius 1 is 1.21 bits per heavy atom. The van der Waals surface area contributed by atoms with Gasteiger partial charge in [-0.15, -0.1) is 0 Å². The number of amides is 2. The SMILES string of the molecule is O=C1C=CNC(=O)C2(CCNCC2)N1. The lowest BCUT2D eigenvalue weighted by atomic mass is 9.87. The molecule has 0 aromatic carbocycles. The van der Waals surface area contributed by atoms with Crippen LogP contribution in [0.5, 0.6) is 0 Å². The van der Waals surface area contributed by atoms with Crippen molar-refractivity contribution in [1.82, 2.24) is 16.0 Å². The van der Waals surface area contributed by atoms with Gasteiger partial charge in [-0.1, -0.05) is 0 Å². The first-order valence-corrected chi connectivity index (χ1v) is 4.73. The Morgan fingerprint density at radius 3 is 2.64 bits per heavy atom. The van der Waals surface area contributed by atoms with E-state index in [9.17, 15) is 9.59 Å². The molecule has 2 aliphatic heterocycles. The van der Waals surface area contributed by atoms with Crippen molar-refractivity contribution < 1.29 is 9.59 Å². The fourth-order valence-electron chi connectivity index (χ4n) is 1.87. The lowest BCUT2D eigenvalue weighted by Crippen LogP contribution is -2.60. The van der Waals surface area contributed by atoms with Gasteiger partial charge in [0, 0.05) is 12.3 Å². The molecule has 2 aliphatic rings. The van der Waals surface area contributed by atoms with Gasteiger partial charge >= 0.3 is 0 Å². The molecule has 0 saturated carbocycles. The Balaban J connectivity index is 2.22. The second-order valence-electron chi connectivity index (χ2n) is 3.63. The van der Waals surface area contributed by atoms with Gasteiger partial charge in [0.15, 0.2) is 0 Å². The summed E-state index contributed by atoms with van der Waals surface area (Å²) in [6, 6.07) is 0. The van der Waals surface area contributed by atoms with E-state index >= 15 is 0 Å². The topological polar surface area (TPSA) is 70.2 Å². The maximum Gasteiger partial charge on any atom is 0.249 e. The molecular weight excluding hydrogens is 182 g/mol. The van der Waals surface area contributed by atoms with Gasteiger partial charge in [0.2, 0.25) is 11.8 Å². The quantitative estimate of drug-likeness (QED) is 0.458. The van der Waals surface area contributed by atoms with Crippen molar-refractivity contribution in [3.63, 3.8) is 0 Å². The number of carbonyl (C=O) groups is 2. The van der Waals surface area contributed by atoms with Crippen LogP contribution in [0.2, 0.25) is 0 Å². The van der Waals surface area contributed by atoms with Gasteiger partial charge < -0.3 is 16.0 Å². The number of hydrogen-bond acceptors (Lipinski definition) is 3. The number of rotatable bonds is 0. The average Bonchev–Trinajstić information content (AvgIpc) is 2.29. The molecular formula is C9H13N3O2. The standard InChI is InChI=1S/C9H13N3O2/c13-7-1-4-11-8(14)9(12-7)2-5-10-6-3-9/h1,4,10H,2-3,5-6H2,(H,11,14)(H,12,13). The van der Waals surface area contributed by atoms with Gasteiger partial charge in [0.25, 0.3) is 0 Å². The first-order chi connectivity index (χ1) is 6.73. The zero-order valence-corrected chi connectivity index (χ0v) is 7.80. The molecule has 0 aliphatic carbocycles. The van der Waals surface area contributed by atoms with E-state index in [1.165, 1.54) is 12.3 Å². The molecule has 76 valence electrons. The highest BCUT2D eigenvalue weighted by Gasteiger charge is 2.41. The number of carbonyl (C=O) groups excluding carboxylic acids is 2. The van der Waals surface area contributed by atoms with Gasteiger partial charge in [-0.3, -0.25) is 9.59 Å². The molecule has 0 aromatic rings. The number of hydrogen-bond donors (Lipinski definition) is 3. The molecule has 0 radical (unpaired) electrons. The van der Waals surface area contributed by atoms with Crippen molar-refractivity contribution in [2.45, 2.75) is 18.4 Å². The Hall–Kier alpha value is -1.36. The first kappa shape index (κ1) is 9.21. The maximum absolute atomic E-state index is 11.7. The minimum absolute atomic E-state index is 0.110. The van der Waals surface area contributed by atoms with E-state index in [1.807, 2.05) is 0 Å². The zero-order valence-electron chi connectivity index (χ0n) is 7.80. The van der Waals surface area contributed by atoms with Crippen LogP contribution in [-0.4, -0.2) is 30.4 Å². The molecule has 2 rings (SSSR count). The van der Waals surface area contributed by atoms with Crippen molar-refractivity contribution in [3.8, 4) is 0 Å². The summed E-state index contributed by atoms with van der Waals surface area (Å²) >= 11 is 0. The van der Waals surface area contributed by atoms with E-state index in [4.69, 9.17) is 0 Å². The van der Waals surface area contributed by atoms with Crippen LogP contribution in [-0.2, 0) is 9.59 Å². The summed E-state index contributed by atoms with van der Waals surface area (Å²) in [4.78, 5) is 23.0. The van der Waals surface area contributed by atoms with E-state index in [1.54, 1.807) is 0 Å². The molecule has 0 atom stereocenters. The minimum atomic E-state index is -0.703. The second kappa shape index (κ2) is 3.42. The number of nitrogens with one attached hydrogen (secondary N) is 3. The van der Waals surface area contributed by atoms with Crippen LogP contribution in [0.15, 0.2) is 12.3 Å². The fraction of sp³-hybridized carbons (Fsp3) is 0.556. The highest BCUT2D eigenvalue weighted by molar-refractivity contribution is 5.98. The van der Waals surface area contributed by atoms with Gasteiger partial charge in [-0.25, -0.2) is 0 Å². The summed E-state index contributed by atoms with van der Waals surface area (Å²) in [6.07, 6.45) is 4.03. The predicted octanol–water partition coefficient (Wildman–Crippen LogP) is -1.13. The maximum atomic E-state index is 11.7. The molecule has 1 fully saturated rings. The van der Waals surface area contributed by atoms with Gasteiger partial charge in [0.1, 0.15) is 5.54 Å². The monoisotopic (exact) mass is 195 g/mol. The van der Waals surface area contributed by atoms with E-state index in [2.05, 4.69) is 16.0 Å². The average molecular weight is 195 g/mol. The summed E-state index contributed by atoms with van der Waals surface area (Å²) in [6.45, 7) is 1.52. The van der Waals surface area contributed by atoms with E-state index in [0.29, 0.717) is 12.8 Å². The van der Waals surface area contributed by atoms with E-state index < -0.39 is 5.54 Å². The van der Waals surface area contributed by atoms with Crippen LogP contribution in [0.1, 0.15) is 12.8 Å². The van der Waals surface area contributed by atoms with Crippen LogP contribution in [0.4, 0.5) is 0 Å². The summed E-state index contributed by atoms with van der Waals surface area (Å²) in [7, 11) is 0. The molecule has 14 heavy (non-hydrogen) atoms. The van der Waals surface area contributed by atoms with Crippen molar-refractivity contribution in [1.29, 1.82) is 0 Å². The Bertz CT molecular complexity index is 292. The van der Waals surface area contributed by atoms with Gasteiger partial charge in [-0.05, 0) is 25.9 Å². The number of piperidine rings is 1. The molecule has 2 amide bonds. The third-order valence-electron chi connectivity index (χ3n) is 2.70. The molecule has 3 N–H and O–H groups in total. The summed E-state index contributed by atoms with van der Waals surface area (Å²) in [5, 5.41) is 8.53. The fourth-order valence-corrected chi connectivity index (χ4v) is 1.87. The molecule has 2 heterocycles. The molecule has 0 bridgehead atoms. The zero-order chi connectivity index (χ0) is 10.0. The van der Waals surface area contributed by atoms with Crippen LogP contribution in [0.3, 0.4) is 0 Å². The predicted molar refractivity (Wildman–Crippen MR) is 50.3 cm³/mol. The van der Waals surface area contributed by atoms with Crippen LogP contribution >= 0.6 is 0 Å². The summed E-state index contributed by atoms with van der Waals surface area (Å²) in [5.74, 6) is -0.314. The third-order valence-corrected chi connectivity index (χ3v) is 2.70. The van der Waals surface area contributed by atoms with Crippen LogP contribution in [0, 0.1) is 0 Å². The minimum Gasteiger partial charge on any atom is -0.338 e. The van der Waals surface area contributed by atoms with Crippen LogP contribution < -0.4 is 16.0 Å². The summed E-state index contributed by atoms with van der Waals surface area (Å²) in [5.41, 5.74) is -0.703. The first-order valence-electron chi connectivity index (χ1n) is 4.73. The molecule has 5 heteroatoms. The molecule has 1 spiro atoms. The lowest BCUT2D eigenvalue weighted by Gasteiger charge is -2.35. The lowest BCUT2D eigenvalue weighted by molar-refractivity contribution is -0.131. The Kier molecular flexibility index (Phi) is 2.25. The van der Waals surface area contributed by atoms with Gasteiger partial charge in [0.05, 0.1) is 0 Å². The molecule has 1 saturated heterocycles. The largest absolute Gasteiger partial charge is 0.338 e. The molecule has 0 unspecified atom stereocenters. The molecule has 0 aromatic heterocycles. The highest BCUT2D eigenvalue weighted by Crippen LogP contribution is 2.19. The summed E-state index contributed by atoms with van der Waals surface area (Å²) < 4.78 is 0. The highest BCUT2D eigenvalue weighted by atomic mass is 16.2. The van der Waals surface area contributed by atoms with Gasteiger partial charge in [-0.2, -0.15) is 0 Å². The van der Waals surface area contributed by atoms with Crippen molar-refractivity contribution in [2.24, 2.45) is 0 Å². The molecule has 5 nitrogen and oxygen atoms in total. The third kappa shape index (κ3) is 1.50. The normalized spacial score (nSPS) is 25.4. The smallest absolute Gasteiger partial charge is 0.249 e.